The van der Waals surface area contributed by atoms with E-state index in [4.69, 9.17) is 32.7 Å². The topological polar surface area (TPSA) is 163 Å². The Balaban J connectivity index is 1.41. The Morgan fingerprint density at radius 2 is 1.65 bits per heavy atom. The van der Waals surface area contributed by atoms with E-state index in [2.05, 4.69) is 5.43 Å². The number of allylic oxidation sites excluding steroid dienone is 2. The number of carboxylic acid groups (broad SMARTS) is 1. The second kappa shape index (κ2) is 13.9. The second-order valence-corrected chi connectivity index (χ2v) is 14.2. The quantitative estimate of drug-likeness (QED) is 0.183. The van der Waals surface area contributed by atoms with Crippen LogP contribution in [0.4, 0.5) is 5.69 Å². The van der Waals surface area contributed by atoms with Crippen molar-refractivity contribution in [1.29, 1.82) is 0 Å². The predicted octanol–water partition coefficient (Wildman–Crippen LogP) is 4.83. The molecule has 7 rings (SSSR count). The number of nitrogens with zero attached hydrogens (tertiary/aromatic N) is 2. The lowest BCUT2D eigenvalue weighted by molar-refractivity contribution is -0.143. The van der Waals surface area contributed by atoms with E-state index in [1.165, 1.54) is 13.2 Å². The molecule has 3 aromatic rings. The Morgan fingerprint density at radius 1 is 0.942 bits per heavy atom. The Kier molecular flexibility index (Phi) is 9.49. The van der Waals surface area contributed by atoms with Gasteiger partial charge in [-0.1, -0.05) is 59.1 Å². The van der Waals surface area contributed by atoms with Gasteiger partial charge in [0.05, 0.1) is 54.0 Å². The third-order valence-electron chi connectivity index (χ3n) is 10.8. The number of carboxylic acids is 1. The monoisotopic (exact) mass is 747 g/mol. The van der Waals surface area contributed by atoms with E-state index in [1.54, 1.807) is 60.7 Å². The van der Waals surface area contributed by atoms with E-state index in [0.717, 1.165) is 15.5 Å². The lowest BCUT2D eigenvalue weighted by Gasteiger charge is -2.50. The van der Waals surface area contributed by atoms with Crippen molar-refractivity contribution in [2.45, 2.75) is 30.6 Å². The molecule has 0 spiro atoms. The lowest BCUT2D eigenvalue weighted by Crippen LogP contribution is -2.53. The molecule has 1 saturated carbocycles. The summed E-state index contributed by atoms with van der Waals surface area (Å²) in [4.78, 5) is 70.2. The van der Waals surface area contributed by atoms with E-state index in [-0.39, 0.29) is 49.7 Å². The SMILES string of the molecule is COc1ccc([C@@]23C(=O)N(Nc4ccc(Cl)cc4Cl)C(=O)[C@@H]2C[C@@H]2C(=CC[C@@H]4C(=O)N(CCC(=O)O)C(=O)[C@@H]42)[C@@H]3c2ccc(OCCO)cc2)cc1. The van der Waals surface area contributed by atoms with Crippen molar-refractivity contribution in [3.05, 3.63) is 99.6 Å². The van der Waals surface area contributed by atoms with Crippen molar-refractivity contribution < 1.29 is 43.7 Å². The first-order valence-electron chi connectivity index (χ1n) is 16.9. The Morgan fingerprint density at radius 3 is 2.31 bits per heavy atom. The van der Waals surface area contributed by atoms with Gasteiger partial charge < -0.3 is 19.7 Å². The van der Waals surface area contributed by atoms with Gasteiger partial charge in [0.15, 0.2) is 0 Å². The van der Waals surface area contributed by atoms with Crippen molar-refractivity contribution in [3.8, 4) is 11.5 Å². The van der Waals surface area contributed by atoms with Gasteiger partial charge in [-0.15, -0.1) is 0 Å². The Bertz CT molecular complexity index is 1990. The predicted molar refractivity (Wildman–Crippen MR) is 189 cm³/mol. The average molecular weight is 749 g/mol. The molecule has 3 N–H and O–H groups in total. The zero-order valence-corrected chi connectivity index (χ0v) is 29.5. The van der Waals surface area contributed by atoms with E-state index < -0.39 is 64.6 Å². The normalized spacial score (nSPS) is 26.5. The number of imide groups is 2. The molecule has 3 aromatic carbocycles. The van der Waals surface area contributed by atoms with Crippen LogP contribution in [0.5, 0.6) is 11.5 Å². The summed E-state index contributed by atoms with van der Waals surface area (Å²) >= 11 is 12.7. The maximum Gasteiger partial charge on any atom is 0.305 e. The number of ether oxygens (including phenoxy) is 2. The Labute approximate surface area is 308 Å². The number of likely N-dealkylation sites (tertiary alicyclic amines) is 1. The first-order valence-corrected chi connectivity index (χ1v) is 17.6. The summed E-state index contributed by atoms with van der Waals surface area (Å²) in [5.74, 6) is -6.10. The number of hydrazine groups is 1. The number of carbonyl (C=O) groups is 5. The van der Waals surface area contributed by atoms with Gasteiger partial charge in [0.2, 0.25) is 11.8 Å². The molecule has 4 amide bonds. The Hall–Kier alpha value is -4.91. The summed E-state index contributed by atoms with van der Waals surface area (Å²) in [6.07, 6.45) is 1.80. The van der Waals surface area contributed by atoms with Crippen LogP contribution in [0.1, 0.15) is 36.3 Å². The summed E-state index contributed by atoms with van der Waals surface area (Å²) in [7, 11) is 1.53. The number of aliphatic carboxylic acids is 1. The van der Waals surface area contributed by atoms with Crippen molar-refractivity contribution in [3.63, 3.8) is 0 Å². The molecule has 12 nitrogen and oxygen atoms in total. The van der Waals surface area contributed by atoms with Gasteiger partial charge in [0.25, 0.3) is 11.8 Å². The van der Waals surface area contributed by atoms with E-state index in [9.17, 15) is 29.4 Å². The number of halogens is 2. The molecule has 2 aliphatic carbocycles. The molecular weight excluding hydrogens is 713 g/mol. The highest BCUT2D eigenvalue weighted by molar-refractivity contribution is 6.36. The van der Waals surface area contributed by atoms with Crippen LogP contribution in [0.2, 0.25) is 10.0 Å². The smallest absolute Gasteiger partial charge is 0.305 e. The standard InChI is InChI=1S/C38H35Cl2N3O9/c1-51-23-9-4-21(5-10-23)38-28(35(48)43(37(38)50)41-30-13-6-22(39)18-29(30)40)19-27-25(33(38)20-2-7-24(8-3-20)52-17-16-44)11-12-26-32(27)36(49)42(34(26)47)15-14-31(45)46/h2-11,13,18,26-28,32-33,41,44H,12,14-17,19H2,1H3,(H,45,46)/t26-,27+,28-,32-,33-,38+/m0/s1. The molecule has 0 aromatic heterocycles. The summed E-state index contributed by atoms with van der Waals surface area (Å²) < 4.78 is 11.1. The summed E-state index contributed by atoms with van der Waals surface area (Å²) in [6, 6.07) is 18.7. The fourth-order valence-electron chi connectivity index (χ4n) is 8.63. The van der Waals surface area contributed by atoms with Crippen LogP contribution in [-0.4, -0.2) is 76.6 Å². The van der Waals surface area contributed by atoms with Crippen molar-refractivity contribution in [2.24, 2.45) is 23.7 Å². The molecule has 52 heavy (non-hydrogen) atoms. The molecule has 14 heteroatoms. The van der Waals surface area contributed by atoms with Crippen molar-refractivity contribution >= 4 is 58.5 Å². The minimum absolute atomic E-state index is 0.0656. The third kappa shape index (κ3) is 5.69. The summed E-state index contributed by atoms with van der Waals surface area (Å²) in [6.45, 7) is -0.361. The van der Waals surface area contributed by atoms with Crippen molar-refractivity contribution in [1.82, 2.24) is 9.91 Å². The first kappa shape index (κ1) is 35.5. The number of anilines is 1. The minimum Gasteiger partial charge on any atom is -0.497 e. The molecule has 270 valence electrons. The maximum atomic E-state index is 15.3. The van der Waals surface area contributed by atoms with Crippen molar-refractivity contribution in [2.75, 3.05) is 32.3 Å². The van der Waals surface area contributed by atoms with Gasteiger partial charge in [-0.3, -0.25) is 34.3 Å². The first-order chi connectivity index (χ1) is 25.0. The number of methoxy groups -OCH3 is 1. The number of nitrogens with one attached hydrogen (secondary N) is 1. The van der Waals surface area contributed by atoms with Crippen LogP contribution in [-0.2, 0) is 29.4 Å². The van der Waals surface area contributed by atoms with Gasteiger partial charge in [-0.25, -0.2) is 0 Å². The van der Waals surface area contributed by atoms with Crippen LogP contribution >= 0.6 is 23.2 Å². The molecule has 0 radical (unpaired) electrons. The van der Waals surface area contributed by atoms with Gasteiger partial charge in [-0.2, -0.15) is 5.01 Å². The van der Waals surface area contributed by atoms with E-state index in [0.29, 0.717) is 27.6 Å². The molecule has 2 saturated heterocycles. The highest BCUT2D eigenvalue weighted by Gasteiger charge is 2.70. The van der Waals surface area contributed by atoms with Crippen LogP contribution in [0, 0.1) is 23.7 Å². The van der Waals surface area contributed by atoms with Crippen LogP contribution in [0.15, 0.2) is 78.4 Å². The molecule has 4 aliphatic rings. The van der Waals surface area contributed by atoms with Crippen LogP contribution in [0.25, 0.3) is 0 Å². The zero-order chi connectivity index (χ0) is 36.9. The fraction of sp³-hybridized carbons (Fsp3) is 0.342. The number of amides is 4. The van der Waals surface area contributed by atoms with Gasteiger partial charge >= 0.3 is 5.97 Å². The largest absolute Gasteiger partial charge is 0.497 e. The molecule has 6 atom stereocenters. The zero-order valence-electron chi connectivity index (χ0n) is 28.0. The summed E-state index contributed by atoms with van der Waals surface area (Å²) in [5, 5.41) is 20.2. The van der Waals surface area contributed by atoms with Gasteiger partial charge in [0, 0.05) is 17.5 Å². The number of carbonyl (C=O) groups excluding carboxylic acids is 4. The number of rotatable bonds is 11. The van der Waals surface area contributed by atoms with Gasteiger partial charge in [-0.05, 0) is 72.4 Å². The fourth-order valence-corrected chi connectivity index (χ4v) is 9.08. The van der Waals surface area contributed by atoms with Crippen LogP contribution in [0.3, 0.4) is 0 Å². The minimum atomic E-state index is -1.54. The molecular formula is C38H35Cl2N3O9. The highest BCUT2D eigenvalue weighted by atomic mass is 35.5. The molecule has 0 bridgehead atoms. The van der Waals surface area contributed by atoms with E-state index in [1.807, 2.05) is 6.08 Å². The number of aliphatic hydroxyl groups excluding tert-OH is 1. The number of hydrogen-bond donors (Lipinski definition) is 3. The maximum absolute atomic E-state index is 15.3. The molecule has 3 fully saturated rings. The highest BCUT2D eigenvalue weighted by Crippen LogP contribution is 2.64. The number of hydrogen-bond acceptors (Lipinski definition) is 9. The third-order valence-corrected chi connectivity index (χ3v) is 11.3. The number of aliphatic hydroxyl groups is 1. The second-order valence-electron chi connectivity index (χ2n) is 13.3. The lowest BCUT2D eigenvalue weighted by atomic mass is 9.49. The summed E-state index contributed by atoms with van der Waals surface area (Å²) in [5.41, 5.74) is 3.66. The molecule has 2 heterocycles. The average Bonchev–Trinajstić information content (AvgIpc) is 3.51. The van der Waals surface area contributed by atoms with Crippen LogP contribution < -0.4 is 14.9 Å². The van der Waals surface area contributed by atoms with E-state index >= 15 is 4.79 Å². The molecule has 0 unspecified atom stereocenters. The number of fused-ring (bicyclic) bond motifs is 4. The molecule has 2 aliphatic heterocycles. The van der Waals surface area contributed by atoms with Gasteiger partial charge in [0.1, 0.15) is 18.1 Å². The number of benzene rings is 3.